The third-order valence-corrected chi connectivity index (χ3v) is 4.32. The Morgan fingerprint density at radius 1 is 1.48 bits per heavy atom. The fourth-order valence-corrected chi connectivity index (χ4v) is 3.16. The summed E-state index contributed by atoms with van der Waals surface area (Å²) in [6.07, 6.45) is 4.43. The molecule has 2 atom stereocenters. The summed E-state index contributed by atoms with van der Waals surface area (Å²) in [4.78, 5) is 0. The van der Waals surface area contributed by atoms with Gasteiger partial charge in [0.15, 0.2) is 0 Å². The van der Waals surface area contributed by atoms with Gasteiger partial charge in [-0.2, -0.15) is 0 Å². The van der Waals surface area contributed by atoms with Crippen LogP contribution in [0.4, 0.5) is 0 Å². The normalized spacial score (nSPS) is 22.8. The van der Waals surface area contributed by atoms with E-state index in [1.807, 2.05) is 12.1 Å². The predicted octanol–water partition coefficient (Wildman–Crippen LogP) is 3.64. The Labute approximate surface area is 132 Å². The Morgan fingerprint density at radius 3 is 3.00 bits per heavy atom. The minimum absolute atomic E-state index is 0.281. The predicted molar refractivity (Wildman–Crippen MR) is 87.0 cm³/mol. The fraction of sp³-hybridized carbons (Fsp3) is 0.647. The largest absolute Gasteiger partial charge is 0.491 e. The molecule has 1 aliphatic carbocycles. The summed E-state index contributed by atoms with van der Waals surface area (Å²) in [5, 5.41) is 14.1. The molecule has 2 unspecified atom stereocenters. The van der Waals surface area contributed by atoms with Gasteiger partial charge in [-0.1, -0.05) is 37.9 Å². The van der Waals surface area contributed by atoms with Gasteiger partial charge in [-0.05, 0) is 42.9 Å². The zero-order chi connectivity index (χ0) is 15.3. The number of aliphatic hydroxyl groups excluding tert-OH is 1. The maximum absolute atomic E-state index is 10.0. The van der Waals surface area contributed by atoms with E-state index in [1.54, 1.807) is 12.1 Å². The first-order chi connectivity index (χ1) is 9.94. The van der Waals surface area contributed by atoms with Gasteiger partial charge in [-0.15, -0.1) is 0 Å². The molecule has 0 heterocycles. The minimum Gasteiger partial charge on any atom is -0.491 e. The average Bonchev–Trinajstić information content (AvgIpc) is 2.42. The van der Waals surface area contributed by atoms with Crippen LogP contribution in [0.1, 0.15) is 39.5 Å². The van der Waals surface area contributed by atoms with Crippen molar-refractivity contribution in [3.8, 4) is 5.75 Å². The van der Waals surface area contributed by atoms with Crippen molar-refractivity contribution < 1.29 is 9.84 Å². The molecule has 0 amide bonds. The molecule has 1 aliphatic rings. The summed E-state index contributed by atoms with van der Waals surface area (Å²) < 4.78 is 5.55. The Bertz CT molecular complexity index is 450. The van der Waals surface area contributed by atoms with Crippen molar-refractivity contribution in [2.24, 2.45) is 5.41 Å². The van der Waals surface area contributed by atoms with E-state index in [4.69, 9.17) is 16.3 Å². The fourth-order valence-electron chi connectivity index (χ4n) is 2.98. The van der Waals surface area contributed by atoms with E-state index < -0.39 is 6.10 Å². The van der Waals surface area contributed by atoms with Crippen LogP contribution in [0, 0.1) is 5.41 Å². The highest BCUT2D eigenvalue weighted by Gasteiger charge is 2.27. The summed E-state index contributed by atoms with van der Waals surface area (Å²) >= 11 is 5.89. The van der Waals surface area contributed by atoms with Gasteiger partial charge in [0.05, 0.1) is 0 Å². The van der Waals surface area contributed by atoms with Gasteiger partial charge in [0.1, 0.15) is 18.5 Å². The summed E-state index contributed by atoms with van der Waals surface area (Å²) in [7, 11) is 0. The van der Waals surface area contributed by atoms with Crippen LogP contribution in [-0.2, 0) is 0 Å². The molecule has 0 saturated heterocycles. The van der Waals surface area contributed by atoms with Crippen LogP contribution >= 0.6 is 11.6 Å². The first-order valence-corrected chi connectivity index (χ1v) is 8.12. The van der Waals surface area contributed by atoms with E-state index in [0.29, 0.717) is 28.8 Å². The van der Waals surface area contributed by atoms with E-state index in [9.17, 15) is 5.11 Å². The quantitative estimate of drug-likeness (QED) is 0.843. The molecule has 0 bridgehead atoms. The molecule has 4 heteroatoms. The highest BCUT2D eigenvalue weighted by atomic mass is 35.5. The molecule has 0 aromatic heterocycles. The number of hydrogen-bond donors (Lipinski definition) is 2. The topological polar surface area (TPSA) is 41.5 Å². The molecule has 1 saturated carbocycles. The number of ether oxygens (including phenoxy) is 1. The number of benzene rings is 1. The lowest BCUT2D eigenvalue weighted by Gasteiger charge is -2.36. The Kier molecular flexibility index (Phi) is 5.91. The van der Waals surface area contributed by atoms with E-state index in [2.05, 4.69) is 19.2 Å². The third kappa shape index (κ3) is 5.85. The van der Waals surface area contributed by atoms with Gasteiger partial charge in [-0.3, -0.25) is 0 Å². The molecule has 1 fully saturated rings. The summed E-state index contributed by atoms with van der Waals surface area (Å²) in [6.45, 7) is 5.49. The molecular weight excluding hydrogens is 286 g/mol. The minimum atomic E-state index is -0.506. The lowest BCUT2D eigenvalue weighted by molar-refractivity contribution is 0.0965. The van der Waals surface area contributed by atoms with Gasteiger partial charge in [0.25, 0.3) is 0 Å². The Morgan fingerprint density at radius 2 is 2.29 bits per heavy atom. The SMILES string of the molecule is CC1(C)CCCC(NCC(O)COc2cccc(Cl)c2)C1. The molecule has 2 N–H and O–H groups in total. The van der Waals surface area contributed by atoms with Gasteiger partial charge >= 0.3 is 0 Å². The summed E-state index contributed by atoms with van der Waals surface area (Å²) in [6, 6.07) is 7.75. The van der Waals surface area contributed by atoms with Gasteiger partial charge in [0, 0.05) is 17.6 Å². The lowest BCUT2D eigenvalue weighted by atomic mass is 9.75. The van der Waals surface area contributed by atoms with Crippen molar-refractivity contribution in [1.82, 2.24) is 5.32 Å². The van der Waals surface area contributed by atoms with Crippen LogP contribution < -0.4 is 10.1 Å². The zero-order valence-corrected chi connectivity index (χ0v) is 13.7. The first-order valence-electron chi connectivity index (χ1n) is 7.74. The van der Waals surface area contributed by atoms with Crippen molar-refractivity contribution >= 4 is 11.6 Å². The maximum atomic E-state index is 10.0. The van der Waals surface area contributed by atoms with E-state index in [0.717, 1.165) is 0 Å². The van der Waals surface area contributed by atoms with Crippen LogP contribution in [0.3, 0.4) is 0 Å². The molecular formula is C17H26ClNO2. The van der Waals surface area contributed by atoms with Crippen molar-refractivity contribution in [3.05, 3.63) is 29.3 Å². The zero-order valence-electron chi connectivity index (χ0n) is 12.9. The highest BCUT2D eigenvalue weighted by molar-refractivity contribution is 6.30. The Hall–Kier alpha value is -0.770. The average molecular weight is 312 g/mol. The van der Waals surface area contributed by atoms with Gasteiger partial charge in [0.2, 0.25) is 0 Å². The molecule has 2 rings (SSSR count). The monoisotopic (exact) mass is 311 g/mol. The lowest BCUT2D eigenvalue weighted by Crippen LogP contribution is -2.42. The third-order valence-electron chi connectivity index (χ3n) is 4.09. The molecule has 3 nitrogen and oxygen atoms in total. The van der Waals surface area contributed by atoms with Crippen molar-refractivity contribution in [2.45, 2.75) is 51.7 Å². The van der Waals surface area contributed by atoms with Crippen molar-refractivity contribution in [1.29, 1.82) is 0 Å². The van der Waals surface area contributed by atoms with Gasteiger partial charge < -0.3 is 15.2 Å². The van der Waals surface area contributed by atoms with Crippen LogP contribution in [0.25, 0.3) is 0 Å². The first kappa shape index (κ1) is 16.6. The van der Waals surface area contributed by atoms with Crippen LogP contribution in [0.5, 0.6) is 5.75 Å². The number of halogens is 1. The van der Waals surface area contributed by atoms with Crippen LogP contribution in [-0.4, -0.2) is 30.4 Å². The summed E-state index contributed by atoms with van der Waals surface area (Å²) in [5.41, 5.74) is 0.415. The molecule has 118 valence electrons. The van der Waals surface area contributed by atoms with E-state index in [-0.39, 0.29) is 6.61 Å². The smallest absolute Gasteiger partial charge is 0.120 e. The van der Waals surface area contributed by atoms with Crippen molar-refractivity contribution in [2.75, 3.05) is 13.2 Å². The molecule has 0 spiro atoms. The van der Waals surface area contributed by atoms with Gasteiger partial charge in [-0.25, -0.2) is 0 Å². The molecule has 0 aliphatic heterocycles. The van der Waals surface area contributed by atoms with Crippen molar-refractivity contribution in [3.63, 3.8) is 0 Å². The van der Waals surface area contributed by atoms with Crippen LogP contribution in [0.15, 0.2) is 24.3 Å². The second kappa shape index (κ2) is 7.48. The second-order valence-corrected chi connectivity index (χ2v) is 7.22. The van der Waals surface area contributed by atoms with Crippen LogP contribution in [0.2, 0.25) is 5.02 Å². The molecule has 21 heavy (non-hydrogen) atoms. The maximum Gasteiger partial charge on any atom is 0.120 e. The number of hydrogen-bond acceptors (Lipinski definition) is 3. The standard InChI is InChI=1S/C17H26ClNO2/c1-17(2)8-4-6-14(10-17)19-11-15(20)12-21-16-7-3-5-13(18)9-16/h3,5,7,9,14-15,19-20H,4,6,8,10-12H2,1-2H3. The second-order valence-electron chi connectivity index (χ2n) is 6.79. The summed E-state index contributed by atoms with van der Waals surface area (Å²) in [5.74, 6) is 0.695. The molecule has 1 aromatic carbocycles. The van der Waals surface area contributed by atoms with E-state index >= 15 is 0 Å². The molecule has 1 aromatic rings. The van der Waals surface area contributed by atoms with E-state index in [1.165, 1.54) is 25.7 Å². The number of aliphatic hydroxyl groups is 1. The number of rotatable bonds is 6. The Balaban J connectivity index is 1.69. The molecule has 0 radical (unpaired) electrons. The highest BCUT2D eigenvalue weighted by Crippen LogP contribution is 2.34. The number of nitrogens with one attached hydrogen (secondary N) is 1.